The fraction of sp³-hybridized carbons (Fsp3) is 0.867. The zero-order chi connectivity index (χ0) is 15.8. The lowest BCUT2D eigenvalue weighted by molar-refractivity contribution is -0.141. The molecule has 0 fully saturated rings. The molecule has 0 saturated heterocycles. The first-order valence-corrected chi connectivity index (χ1v) is 9.61. The van der Waals surface area contributed by atoms with Crippen molar-refractivity contribution in [2.24, 2.45) is 0 Å². The van der Waals surface area contributed by atoms with E-state index in [4.69, 9.17) is 4.43 Å². The van der Waals surface area contributed by atoms with E-state index in [1.807, 2.05) is 7.11 Å². The first-order chi connectivity index (χ1) is 10.2. The van der Waals surface area contributed by atoms with Gasteiger partial charge in [0.15, 0.2) is 9.76 Å². The average Bonchev–Trinajstić information content (AvgIpc) is 2.50. The predicted octanol–water partition coefficient (Wildman–Crippen LogP) is 1.93. The summed E-state index contributed by atoms with van der Waals surface area (Å²) in [5.74, 6) is -0.473. The minimum atomic E-state index is -0.406. The highest BCUT2D eigenvalue weighted by molar-refractivity contribution is 6.26. The molecule has 0 spiro atoms. The summed E-state index contributed by atoms with van der Waals surface area (Å²) in [7, 11) is 2.91. The summed E-state index contributed by atoms with van der Waals surface area (Å²) in [4.78, 5) is 22.2. The van der Waals surface area contributed by atoms with Gasteiger partial charge >= 0.3 is 5.97 Å². The highest BCUT2D eigenvalue weighted by atomic mass is 28.2. The van der Waals surface area contributed by atoms with E-state index in [1.165, 1.54) is 51.7 Å². The summed E-state index contributed by atoms with van der Waals surface area (Å²) < 4.78 is 9.60. The molecule has 0 radical (unpaired) electrons. The summed E-state index contributed by atoms with van der Waals surface area (Å²) >= 11 is 0. The van der Waals surface area contributed by atoms with Crippen LogP contribution in [0.3, 0.4) is 0 Å². The molecule has 5 nitrogen and oxygen atoms in total. The van der Waals surface area contributed by atoms with Crippen LogP contribution in [0, 0.1) is 0 Å². The number of ether oxygens (including phenoxy) is 1. The van der Waals surface area contributed by atoms with Gasteiger partial charge in [-0.2, -0.15) is 0 Å². The van der Waals surface area contributed by atoms with Crippen LogP contribution in [0.2, 0.25) is 6.04 Å². The molecular weight excluding hydrogens is 286 g/mol. The van der Waals surface area contributed by atoms with Crippen molar-refractivity contribution >= 4 is 21.6 Å². The van der Waals surface area contributed by atoms with Crippen LogP contribution in [0.5, 0.6) is 0 Å². The zero-order valence-corrected chi connectivity index (χ0v) is 15.0. The number of hydrogen-bond acceptors (Lipinski definition) is 4. The van der Waals surface area contributed by atoms with E-state index in [2.05, 4.69) is 10.1 Å². The molecule has 1 N–H and O–H groups in total. The van der Waals surface area contributed by atoms with Crippen LogP contribution >= 0.6 is 0 Å². The zero-order valence-electron chi connectivity index (χ0n) is 13.6. The Labute approximate surface area is 131 Å². The molecule has 1 amide bonds. The van der Waals surface area contributed by atoms with Crippen LogP contribution in [0.25, 0.3) is 0 Å². The van der Waals surface area contributed by atoms with Gasteiger partial charge in [0.25, 0.3) is 0 Å². The molecule has 0 atom stereocenters. The summed E-state index contributed by atoms with van der Waals surface area (Å²) in [6, 6.07) is 1.30. The standard InChI is InChI=1S/C15H31NO4Si/c1-19-15(18)13-16-14(17)11-9-7-5-3-4-6-8-10-12-21-20-2/h3-13,21H2,1-2H3,(H,16,17). The third-order valence-electron chi connectivity index (χ3n) is 3.41. The van der Waals surface area contributed by atoms with Crippen LogP contribution in [-0.2, 0) is 18.8 Å². The number of unbranched alkanes of at least 4 members (excludes halogenated alkanes) is 7. The van der Waals surface area contributed by atoms with Gasteiger partial charge in [-0.25, -0.2) is 0 Å². The molecule has 0 aromatic carbocycles. The lowest BCUT2D eigenvalue weighted by Crippen LogP contribution is -2.29. The van der Waals surface area contributed by atoms with Crippen molar-refractivity contribution in [2.45, 2.75) is 63.8 Å². The summed E-state index contributed by atoms with van der Waals surface area (Å²) in [5, 5.41) is 2.55. The molecule has 0 aliphatic carbocycles. The number of esters is 1. The van der Waals surface area contributed by atoms with Crippen LogP contribution in [0.1, 0.15) is 57.8 Å². The summed E-state index contributed by atoms with van der Waals surface area (Å²) in [6.07, 6.45) is 10.2. The van der Waals surface area contributed by atoms with Gasteiger partial charge in [-0.05, 0) is 12.5 Å². The number of methoxy groups -OCH3 is 1. The van der Waals surface area contributed by atoms with Gasteiger partial charge in [-0.3, -0.25) is 9.59 Å². The Morgan fingerprint density at radius 1 is 0.905 bits per heavy atom. The molecule has 0 aromatic heterocycles. The molecule has 0 heterocycles. The third-order valence-corrected chi connectivity index (χ3v) is 4.61. The lowest BCUT2D eigenvalue weighted by Gasteiger charge is -2.04. The maximum atomic E-state index is 11.4. The van der Waals surface area contributed by atoms with E-state index in [9.17, 15) is 9.59 Å². The number of hydrogen-bond donors (Lipinski definition) is 1. The van der Waals surface area contributed by atoms with Crippen LogP contribution in [-0.4, -0.2) is 42.4 Å². The Bertz CT molecular complexity index is 274. The monoisotopic (exact) mass is 317 g/mol. The van der Waals surface area contributed by atoms with Crippen LogP contribution in [0.15, 0.2) is 0 Å². The van der Waals surface area contributed by atoms with Crippen molar-refractivity contribution in [1.29, 1.82) is 0 Å². The van der Waals surface area contributed by atoms with Crippen molar-refractivity contribution in [3.8, 4) is 0 Å². The second-order valence-corrected chi connectivity index (χ2v) is 6.97. The Balaban J connectivity index is 3.18. The second kappa shape index (κ2) is 15.5. The van der Waals surface area contributed by atoms with E-state index in [-0.39, 0.29) is 22.2 Å². The van der Waals surface area contributed by atoms with Crippen molar-refractivity contribution in [2.75, 3.05) is 20.8 Å². The van der Waals surface area contributed by atoms with Crippen molar-refractivity contribution < 1.29 is 18.8 Å². The largest absolute Gasteiger partial charge is 0.468 e. The summed E-state index contributed by atoms with van der Waals surface area (Å²) in [6.45, 7) is -0.0265. The number of carbonyl (C=O) groups excluding carboxylic acids is 2. The molecule has 6 heteroatoms. The molecule has 0 aromatic rings. The van der Waals surface area contributed by atoms with Crippen molar-refractivity contribution in [3.63, 3.8) is 0 Å². The number of rotatable bonds is 14. The van der Waals surface area contributed by atoms with Crippen LogP contribution < -0.4 is 5.32 Å². The Morgan fingerprint density at radius 2 is 1.48 bits per heavy atom. The van der Waals surface area contributed by atoms with Gasteiger partial charge in [0, 0.05) is 13.5 Å². The van der Waals surface area contributed by atoms with E-state index in [0.717, 1.165) is 12.8 Å². The molecule has 0 aliphatic rings. The number of nitrogens with one attached hydrogen (secondary N) is 1. The Hall–Kier alpha value is -0.883. The molecule has 0 saturated carbocycles. The van der Waals surface area contributed by atoms with E-state index < -0.39 is 5.97 Å². The van der Waals surface area contributed by atoms with E-state index in [1.54, 1.807) is 0 Å². The summed E-state index contributed by atoms with van der Waals surface area (Å²) in [5.41, 5.74) is 0. The van der Waals surface area contributed by atoms with Crippen molar-refractivity contribution in [1.82, 2.24) is 5.32 Å². The Morgan fingerprint density at radius 3 is 2.05 bits per heavy atom. The fourth-order valence-corrected chi connectivity index (χ4v) is 2.95. The highest BCUT2D eigenvalue weighted by Gasteiger charge is 2.04. The van der Waals surface area contributed by atoms with Crippen molar-refractivity contribution in [3.05, 3.63) is 0 Å². The van der Waals surface area contributed by atoms with Gasteiger partial charge < -0.3 is 14.5 Å². The molecule has 0 rings (SSSR count). The minimum absolute atomic E-state index is 0.0265. The van der Waals surface area contributed by atoms with Gasteiger partial charge in [0.2, 0.25) is 5.91 Å². The molecule has 124 valence electrons. The third kappa shape index (κ3) is 15.3. The first-order valence-electron chi connectivity index (χ1n) is 8.03. The molecule has 0 aliphatic heterocycles. The van der Waals surface area contributed by atoms with Crippen LogP contribution in [0.4, 0.5) is 0 Å². The Kier molecular flexibility index (Phi) is 14.9. The SMILES string of the molecule is CO[SiH2]CCCCCCCCCCC(=O)NCC(=O)OC. The first kappa shape index (κ1) is 20.1. The molecule has 21 heavy (non-hydrogen) atoms. The molecular formula is C15H31NO4Si. The second-order valence-electron chi connectivity index (χ2n) is 5.28. The quantitative estimate of drug-likeness (QED) is 0.302. The normalized spacial score (nSPS) is 11.0. The van der Waals surface area contributed by atoms with Gasteiger partial charge in [0.1, 0.15) is 6.54 Å². The predicted molar refractivity (Wildman–Crippen MR) is 86.9 cm³/mol. The van der Waals surface area contributed by atoms with Gasteiger partial charge in [-0.1, -0.05) is 44.9 Å². The van der Waals surface area contributed by atoms with Gasteiger partial charge in [-0.15, -0.1) is 0 Å². The topological polar surface area (TPSA) is 64.6 Å². The minimum Gasteiger partial charge on any atom is -0.468 e. The number of amides is 1. The molecule has 0 bridgehead atoms. The maximum absolute atomic E-state index is 11.4. The van der Waals surface area contributed by atoms with E-state index >= 15 is 0 Å². The lowest BCUT2D eigenvalue weighted by atomic mass is 10.1. The van der Waals surface area contributed by atoms with E-state index in [0.29, 0.717) is 6.42 Å². The highest BCUT2D eigenvalue weighted by Crippen LogP contribution is 2.10. The fourth-order valence-electron chi connectivity index (χ4n) is 2.10. The average molecular weight is 318 g/mol. The van der Waals surface area contributed by atoms with Gasteiger partial charge in [0.05, 0.1) is 7.11 Å². The maximum Gasteiger partial charge on any atom is 0.325 e. The molecule has 0 unspecified atom stereocenters. The smallest absolute Gasteiger partial charge is 0.325 e. The number of carbonyl (C=O) groups is 2.